The standard InChI is InChI=1S/C27H36N2O4/c1-17-4-3-13-27(2)24(33-27)23-21(10-5-17)22(26(31)32-23)16-29-14-11-19(12-15-29)18-6-8-20(9-7-18)25(28)30/h4,6-9,19,21-24H,3,5,10-16H2,1-2H3,(H2,28,30)/b17-4+/t21-,22-,23-,24+,27+/m0/s1. The predicted molar refractivity (Wildman–Crippen MR) is 126 cm³/mol. The van der Waals surface area contributed by atoms with Gasteiger partial charge in [-0.3, -0.25) is 9.59 Å². The van der Waals surface area contributed by atoms with E-state index in [0.717, 1.165) is 58.2 Å². The Bertz CT molecular complexity index is 934. The van der Waals surface area contributed by atoms with Gasteiger partial charge >= 0.3 is 5.97 Å². The maximum atomic E-state index is 13.0. The number of epoxide rings is 1. The minimum Gasteiger partial charge on any atom is -0.459 e. The molecule has 178 valence electrons. The van der Waals surface area contributed by atoms with Crippen molar-refractivity contribution in [3.8, 4) is 0 Å². The molecule has 3 heterocycles. The van der Waals surface area contributed by atoms with Gasteiger partial charge in [0.15, 0.2) is 0 Å². The molecule has 4 aliphatic rings. The smallest absolute Gasteiger partial charge is 0.311 e. The number of primary amides is 1. The molecule has 2 N–H and O–H groups in total. The third-order valence-corrected chi connectivity index (χ3v) is 8.45. The highest BCUT2D eigenvalue weighted by Gasteiger charge is 2.62. The Morgan fingerprint density at radius 2 is 1.91 bits per heavy atom. The van der Waals surface area contributed by atoms with E-state index < -0.39 is 0 Å². The molecule has 1 aromatic carbocycles. The highest BCUT2D eigenvalue weighted by molar-refractivity contribution is 5.92. The number of benzene rings is 1. The number of hydrogen-bond acceptors (Lipinski definition) is 5. The lowest BCUT2D eigenvalue weighted by atomic mass is 9.80. The first kappa shape index (κ1) is 22.6. The van der Waals surface area contributed by atoms with Crippen LogP contribution in [0.15, 0.2) is 35.9 Å². The summed E-state index contributed by atoms with van der Waals surface area (Å²) in [7, 11) is 0. The fraction of sp³-hybridized carbons (Fsp3) is 0.630. The number of amides is 1. The van der Waals surface area contributed by atoms with Crippen molar-refractivity contribution in [2.75, 3.05) is 19.6 Å². The van der Waals surface area contributed by atoms with Gasteiger partial charge in [-0.05, 0) is 89.1 Å². The number of nitrogens with zero attached hydrogens (tertiary/aromatic N) is 1. The summed E-state index contributed by atoms with van der Waals surface area (Å²) in [5.74, 6) is 0.217. The van der Waals surface area contributed by atoms with Gasteiger partial charge in [-0.2, -0.15) is 0 Å². The van der Waals surface area contributed by atoms with Crippen molar-refractivity contribution in [2.24, 2.45) is 17.6 Å². The Hall–Kier alpha value is -2.18. The van der Waals surface area contributed by atoms with Crippen molar-refractivity contribution in [3.05, 3.63) is 47.0 Å². The molecule has 1 amide bonds. The molecule has 6 nitrogen and oxygen atoms in total. The molecule has 6 heteroatoms. The van der Waals surface area contributed by atoms with E-state index in [1.54, 1.807) is 0 Å². The summed E-state index contributed by atoms with van der Waals surface area (Å²) in [5, 5.41) is 0. The summed E-state index contributed by atoms with van der Waals surface area (Å²) >= 11 is 0. The lowest BCUT2D eigenvalue weighted by molar-refractivity contribution is -0.145. The van der Waals surface area contributed by atoms with Crippen LogP contribution < -0.4 is 5.73 Å². The number of rotatable bonds is 4. The molecule has 33 heavy (non-hydrogen) atoms. The lowest BCUT2D eigenvalue weighted by Crippen LogP contribution is -2.40. The third kappa shape index (κ3) is 4.60. The maximum absolute atomic E-state index is 13.0. The molecule has 0 aromatic heterocycles. The molecule has 0 bridgehead atoms. The monoisotopic (exact) mass is 452 g/mol. The Kier molecular flexibility index (Phi) is 6.08. The van der Waals surface area contributed by atoms with Crippen molar-refractivity contribution < 1.29 is 19.1 Å². The van der Waals surface area contributed by atoms with E-state index in [2.05, 4.69) is 24.8 Å². The van der Waals surface area contributed by atoms with Crippen molar-refractivity contribution in [1.82, 2.24) is 4.90 Å². The molecular formula is C27H36N2O4. The van der Waals surface area contributed by atoms with Crippen molar-refractivity contribution in [1.29, 1.82) is 0 Å². The number of likely N-dealkylation sites (tertiary alicyclic amines) is 1. The number of carbonyl (C=O) groups excluding carboxylic acids is 2. The second-order valence-corrected chi connectivity index (χ2v) is 10.7. The van der Waals surface area contributed by atoms with Gasteiger partial charge in [0.2, 0.25) is 5.91 Å². The van der Waals surface area contributed by atoms with E-state index in [-0.39, 0.29) is 41.5 Å². The van der Waals surface area contributed by atoms with Crippen LogP contribution in [-0.4, -0.2) is 54.2 Å². The van der Waals surface area contributed by atoms with Crippen molar-refractivity contribution >= 4 is 11.9 Å². The van der Waals surface area contributed by atoms with Gasteiger partial charge in [-0.15, -0.1) is 0 Å². The summed E-state index contributed by atoms with van der Waals surface area (Å²) in [6.45, 7) is 7.10. The number of carbonyl (C=O) groups is 2. The third-order valence-electron chi connectivity index (χ3n) is 8.45. The molecule has 0 spiro atoms. The molecule has 5 atom stereocenters. The Morgan fingerprint density at radius 3 is 2.61 bits per heavy atom. The molecule has 5 rings (SSSR count). The second kappa shape index (κ2) is 8.88. The van der Waals surface area contributed by atoms with Gasteiger partial charge in [0.25, 0.3) is 0 Å². The molecule has 0 radical (unpaired) electrons. The zero-order valence-electron chi connectivity index (χ0n) is 19.8. The molecule has 1 aromatic rings. The Labute approximate surface area is 196 Å². The molecule has 3 fully saturated rings. The zero-order chi connectivity index (χ0) is 23.2. The SMILES string of the molecule is C/C1=C\CC[C@@]2(C)O[C@@H]2[C@H]2OC(=O)[C@@H](CN3CCC(c4ccc(C(N)=O)cc4)CC3)[C@@H]2CC1. The van der Waals surface area contributed by atoms with E-state index in [1.807, 2.05) is 24.3 Å². The first-order valence-corrected chi connectivity index (χ1v) is 12.5. The average Bonchev–Trinajstić information content (AvgIpc) is 3.38. The van der Waals surface area contributed by atoms with E-state index in [9.17, 15) is 9.59 Å². The van der Waals surface area contributed by atoms with E-state index >= 15 is 0 Å². The predicted octanol–water partition coefficient (Wildman–Crippen LogP) is 3.80. The van der Waals surface area contributed by atoms with Crippen molar-refractivity contribution in [3.63, 3.8) is 0 Å². The Balaban J connectivity index is 1.22. The normalized spacial score (nSPS) is 36.8. The minimum atomic E-state index is -0.388. The van der Waals surface area contributed by atoms with Crippen LogP contribution in [0.5, 0.6) is 0 Å². The first-order valence-electron chi connectivity index (χ1n) is 12.5. The average molecular weight is 453 g/mol. The number of hydrogen-bond donors (Lipinski definition) is 1. The van der Waals surface area contributed by atoms with E-state index in [1.165, 1.54) is 11.1 Å². The van der Waals surface area contributed by atoms with Gasteiger partial charge in [0.05, 0.1) is 11.5 Å². The number of nitrogens with two attached hydrogens (primary N) is 1. The van der Waals surface area contributed by atoms with Gasteiger partial charge in [-0.1, -0.05) is 23.8 Å². The summed E-state index contributed by atoms with van der Waals surface area (Å²) in [6, 6.07) is 7.70. The maximum Gasteiger partial charge on any atom is 0.311 e. The fourth-order valence-corrected chi connectivity index (χ4v) is 6.19. The van der Waals surface area contributed by atoms with Crippen LogP contribution in [0.1, 0.15) is 74.2 Å². The molecule has 3 saturated heterocycles. The quantitative estimate of drug-likeness (QED) is 0.427. The van der Waals surface area contributed by atoms with Gasteiger partial charge < -0.3 is 20.1 Å². The van der Waals surface area contributed by atoms with Crippen LogP contribution in [-0.2, 0) is 14.3 Å². The number of fused-ring (bicyclic) bond motifs is 3. The second-order valence-electron chi connectivity index (χ2n) is 10.7. The van der Waals surface area contributed by atoms with Crippen LogP contribution in [0.4, 0.5) is 0 Å². The topological polar surface area (TPSA) is 85.2 Å². The number of piperidine rings is 1. The number of ether oxygens (including phenoxy) is 2. The molecule has 1 aliphatic carbocycles. The van der Waals surface area contributed by atoms with Gasteiger partial charge in [0.1, 0.15) is 12.2 Å². The van der Waals surface area contributed by atoms with Crippen LogP contribution in [0.25, 0.3) is 0 Å². The summed E-state index contributed by atoms with van der Waals surface area (Å²) < 4.78 is 12.1. The highest BCUT2D eigenvalue weighted by Crippen LogP contribution is 2.50. The van der Waals surface area contributed by atoms with Crippen molar-refractivity contribution in [2.45, 2.75) is 76.1 Å². The Morgan fingerprint density at radius 1 is 1.18 bits per heavy atom. The van der Waals surface area contributed by atoms with E-state index in [0.29, 0.717) is 11.5 Å². The first-order chi connectivity index (χ1) is 15.8. The summed E-state index contributed by atoms with van der Waals surface area (Å²) in [6.07, 6.45) is 8.45. The molecule has 3 aliphatic heterocycles. The molecular weight excluding hydrogens is 416 g/mol. The van der Waals surface area contributed by atoms with Gasteiger partial charge in [-0.25, -0.2) is 0 Å². The van der Waals surface area contributed by atoms with Crippen LogP contribution in [0.2, 0.25) is 0 Å². The summed E-state index contributed by atoms with van der Waals surface area (Å²) in [4.78, 5) is 26.7. The summed E-state index contributed by atoms with van der Waals surface area (Å²) in [5.41, 5.74) is 8.45. The van der Waals surface area contributed by atoms with Gasteiger partial charge in [0, 0.05) is 18.0 Å². The number of esters is 1. The van der Waals surface area contributed by atoms with Crippen LogP contribution in [0.3, 0.4) is 0 Å². The van der Waals surface area contributed by atoms with Crippen LogP contribution >= 0.6 is 0 Å². The highest BCUT2D eigenvalue weighted by atomic mass is 16.6. The minimum absolute atomic E-state index is 0.0344. The fourth-order valence-electron chi connectivity index (χ4n) is 6.19. The largest absolute Gasteiger partial charge is 0.459 e. The molecule has 0 saturated carbocycles. The van der Waals surface area contributed by atoms with E-state index in [4.69, 9.17) is 15.2 Å². The molecule has 0 unspecified atom stereocenters. The number of allylic oxidation sites excluding steroid dienone is 2. The lowest BCUT2D eigenvalue weighted by Gasteiger charge is -2.34. The van der Waals surface area contributed by atoms with Crippen LogP contribution in [0, 0.1) is 11.8 Å². The zero-order valence-corrected chi connectivity index (χ0v) is 19.8.